The molecule has 0 bridgehead atoms. The van der Waals surface area contributed by atoms with Crippen LogP contribution < -0.4 is 4.68 Å². The Morgan fingerprint density at radius 3 is 2.88 bits per heavy atom. The Bertz CT molecular complexity index is 149. The van der Waals surface area contributed by atoms with Gasteiger partial charge in [0.1, 0.15) is 6.20 Å². The van der Waals surface area contributed by atoms with Gasteiger partial charge in [0.2, 0.25) is 0 Å². The third-order valence-electron chi connectivity index (χ3n) is 0.813. The van der Waals surface area contributed by atoms with Gasteiger partial charge < -0.3 is 0 Å². The van der Waals surface area contributed by atoms with Crippen molar-refractivity contribution < 1.29 is 4.68 Å². The largest absolute Gasteiger partial charge is 0.197 e. The van der Waals surface area contributed by atoms with Gasteiger partial charge in [0.05, 0.1) is 0 Å². The van der Waals surface area contributed by atoms with E-state index in [0.29, 0.717) is 0 Å². The third-order valence-corrected chi connectivity index (χ3v) is 1.28. The molecule has 0 aliphatic rings. The van der Waals surface area contributed by atoms with Gasteiger partial charge >= 0.3 is 0 Å². The molecular weight excluding hydrogens is 168 g/mol. The van der Waals surface area contributed by atoms with Crippen LogP contribution in [-0.4, -0.2) is 5.10 Å². The first kappa shape index (κ1) is 5.69. The molecule has 0 saturated carbocycles. The molecule has 0 aliphatic carbocycles. The Morgan fingerprint density at radius 2 is 2.50 bits per heavy atom. The lowest BCUT2D eigenvalue weighted by Gasteiger charge is -1.81. The maximum Gasteiger partial charge on any atom is 0.197 e. The topological polar surface area (TPSA) is 16.8 Å². The van der Waals surface area contributed by atoms with E-state index in [9.17, 15) is 0 Å². The molecule has 0 amide bonds. The van der Waals surface area contributed by atoms with Gasteiger partial charge in [-0.25, -0.2) is 0 Å². The average Bonchev–Trinajstić information content (AvgIpc) is 1.77. The fourth-order valence-electron chi connectivity index (χ4n) is 0.407. The summed E-state index contributed by atoms with van der Waals surface area (Å²) in [5, 5.41) is 3.95. The SMILES string of the molecule is C[n+]1ccc(Br)cn1. The molecule has 0 atom stereocenters. The normalized spacial score (nSPS) is 9.25. The fraction of sp³-hybridized carbons (Fsp3) is 0.200. The lowest BCUT2D eigenvalue weighted by atomic mass is 10.6. The average molecular weight is 174 g/mol. The van der Waals surface area contributed by atoms with Gasteiger partial charge in [-0.3, -0.25) is 0 Å². The van der Waals surface area contributed by atoms with Crippen molar-refractivity contribution in [3.63, 3.8) is 0 Å². The van der Waals surface area contributed by atoms with E-state index in [4.69, 9.17) is 0 Å². The van der Waals surface area contributed by atoms with Gasteiger partial charge in [0.25, 0.3) is 0 Å². The first-order valence-corrected chi connectivity index (χ1v) is 3.06. The first-order valence-electron chi connectivity index (χ1n) is 2.26. The molecule has 1 aromatic heterocycles. The van der Waals surface area contributed by atoms with E-state index in [1.807, 2.05) is 19.3 Å². The van der Waals surface area contributed by atoms with Crippen LogP contribution in [0, 0.1) is 0 Å². The molecule has 42 valence electrons. The molecule has 0 N–H and O–H groups in total. The molecule has 0 aromatic carbocycles. The summed E-state index contributed by atoms with van der Waals surface area (Å²) in [6, 6.07) is 1.94. The number of nitrogens with zero attached hydrogens (tertiary/aromatic N) is 2. The number of aryl methyl sites for hydroxylation is 1. The molecule has 0 unspecified atom stereocenters. The number of hydrogen-bond donors (Lipinski definition) is 0. The smallest absolute Gasteiger partial charge is 0.0940 e. The minimum Gasteiger partial charge on any atom is -0.0940 e. The van der Waals surface area contributed by atoms with Gasteiger partial charge in [0, 0.05) is 10.5 Å². The van der Waals surface area contributed by atoms with E-state index in [0.717, 1.165) is 4.47 Å². The van der Waals surface area contributed by atoms with Crippen LogP contribution in [0.1, 0.15) is 0 Å². The first-order chi connectivity index (χ1) is 3.79. The van der Waals surface area contributed by atoms with Gasteiger partial charge in [-0.1, -0.05) is 4.68 Å². The molecule has 0 aliphatic heterocycles. The molecular formula is C5H6BrN2+. The quantitative estimate of drug-likeness (QED) is 0.528. The predicted molar refractivity (Wildman–Crippen MR) is 33.1 cm³/mol. The second kappa shape index (κ2) is 2.22. The molecule has 2 nitrogen and oxygen atoms in total. The summed E-state index contributed by atoms with van der Waals surface area (Å²) in [6.07, 6.45) is 3.63. The van der Waals surface area contributed by atoms with Gasteiger partial charge in [-0.2, -0.15) is 0 Å². The van der Waals surface area contributed by atoms with Crippen LogP contribution in [-0.2, 0) is 7.05 Å². The molecule has 3 heteroatoms. The number of hydrogen-bond acceptors (Lipinski definition) is 1. The van der Waals surface area contributed by atoms with Crippen LogP contribution in [0.4, 0.5) is 0 Å². The van der Waals surface area contributed by atoms with Gasteiger partial charge in [-0.05, 0) is 21.0 Å². The minimum atomic E-state index is 1.01. The summed E-state index contributed by atoms with van der Waals surface area (Å²) in [5.41, 5.74) is 0. The molecule has 0 saturated heterocycles. The van der Waals surface area contributed by atoms with Crippen LogP contribution in [0.25, 0.3) is 0 Å². The molecule has 1 rings (SSSR count). The monoisotopic (exact) mass is 173 g/mol. The molecule has 0 radical (unpaired) electrons. The second-order valence-electron chi connectivity index (χ2n) is 1.52. The van der Waals surface area contributed by atoms with Crippen molar-refractivity contribution in [2.45, 2.75) is 0 Å². The van der Waals surface area contributed by atoms with Crippen LogP contribution in [0.3, 0.4) is 0 Å². The van der Waals surface area contributed by atoms with Crippen molar-refractivity contribution in [1.29, 1.82) is 0 Å². The fourth-order valence-corrected chi connectivity index (χ4v) is 0.617. The number of aromatic nitrogens is 2. The Hall–Kier alpha value is -0.440. The molecule has 1 aromatic rings. The van der Waals surface area contributed by atoms with E-state index in [2.05, 4.69) is 21.0 Å². The van der Waals surface area contributed by atoms with Crippen LogP contribution in [0.5, 0.6) is 0 Å². The minimum absolute atomic E-state index is 1.01. The van der Waals surface area contributed by atoms with Crippen molar-refractivity contribution >= 4 is 15.9 Å². The van der Waals surface area contributed by atoms with E-state index < -0.39 is 0 Å². The maximum atomic E-state index is 3.95. The van der Waals surface area contributed by atoms with E-state index in [1.54, 1.807) is 10.9 Å². The highest BCUT2D eigenvalue weighted by Gasteiger charge is 1.89. The zero-order chi connectivity index (χ0) is 5.98. The van der Waals surface area contributed by atoms with Crippen molar-refractivity contribution in [3.05, 3.63) is 22.9 Å². The maximum absolute atomic E-state index is 3.95. The summed E-state index contributed by atoms with van der Waals surface area (Å²) < 4.78 is 2.75. The van der Waals surface area contributed by atoms with Crippen LogP contribution in [0.2, 0.25) is 0 Å². The van der Waals surface area contributed by atoms with Crippen LogP contribution in [0.15, 0.2) is 22.9 Å². The van der Waals surface area contributed by atoms with Crippen molar-refractivity contribution in [2.24, 2.45) is 7.05 Å². The molecule has 1 heterocycles. The highest BCUT2D eigenvalue weighted by Crippen LogP contribution is 2.01. The summed E-state index contributed by atoms with van der Waals surface area (Å²) in [4.78, 5) is 0. The summed E-state index contributed by atoms with van der Waals surface area (Å²) >= 11 is 3.27. The predicted octanol–water partition coefficient (Wildman–Crippen LogP) is 0.669. The Labute approximate surface area is 56.3 Å². The Morgan fingerprint density at radius 1 is 1.75 bits per heavy atom. The van der Waals surface area contributed by atoms with E-state index >= 15 is 0 Å². The molecule has 8 heavy (non-hydrogen) atoms. The number of rotatable bonds is 0. The highest BCUT2D eigenvalue weighted by atomic mass is 79.9. The van der Waals surface area contributed by atoms with Crippen LogP contribution >= 0.6 is 15.9 Å². The van der Waals surface area contributed by atoms with E-state index in [1.165, 1.54) is 0 Å². The zero-order valence-corrected chi connectivity index (χ0v) is 6.09. The standard InChI is InChI=1S/C5H6BrN2/c1-8-3-2-5(6)4-7-8/h2-4H,1H3/q+1. The van der Waals surface area contributed by atoms with Crippen molar-refractivity contribution in [2.75, 3.05) is 0 Å². The lowest BCUT2D eigenvalue weighted by Crippen LogP contribution is -2.31. The van der Waals surface area contributed by atoms with Gasteiger partial charge in [-0.15, -0.1) is 0 Å². The Balaban J connectivity index is 3.03. The van der Waals surface area contributed by atoms with Gasteiger partial charge in [0.15, 0.2) is 13.2 Å². The third kappa shape index (κ3) is 1.26. The van der Waals surface area contributed by atoms with Crippen molar-refractivity contribution in [3.8, 4) is 0 Å². The lowest BCUT2D eigenvalue weighted by molar-refractivity contribution is -0.731. The summed E-state index contributed by atoms with van der Waals surface area (Å²) in [5.74, 6) is 0. The van der Waals surface area contributed by atoms with E-state index in [-0.39, 0.29) is 0 Å². The second-order valence-corrected chi connectivity index (χ2v) is 2.43. The zero-order valence-electron chi connectivity index (χ0n) is 4.50. The Kier molecular flexibility index (Phi) is 1.58. The molecule has 0 spiro atoms. The molecule has 0 fully saturated rings. The summed E-state index contributed by atoms with van der Waals surface area (Å²) in [6.45, 7) is 0. The summed E-state index contributed by atoms with van der Waals surface area (Å²) in [7, 11) is 1.88. The van der Waals surface area contributed by atoms with Crippen molar-refractivity contribution in [1.82, 2.24) is 5.10 Å². The highest BCUT2D eigenvalue weighted by molar-refractivity contribution is 9.10. The number of halogens is 1.